The normalized spacial score (nSPS) is 11.3. The SMILES string of the molecule is COC(=O)c1nc(-c2ccc(F)cc2)c(-c2ccc(S(N)(=O)=O)cc2)s1. The molecule has 3 rings (SSSR count). The first-order valence-corrected chi connectivity index (χ1v) is 9.64. The van der Waals surface area contributed by atoms with E-state index in [-0.39, 0.29) is 9.90 Å². The highest BCUT2D eigenvalue weighted by Gasteiger charge is 2.20. The molecule has 0 fully saturated rings. The number of hydrogen-bond acceptors (Lipinski definition) is 6. The van der Waals surface area contributed by atoms with E-state index in [4.69, 9.17) is 9.88 Å². The van der Waals surface area contributed by atoms with Crippen LogP contribution < -0.4 is 5.14 Å². The van der Waals surface area contributed by atoms with Crippen LogP contribution in [0.1, 0.15) is 9.80 Å². The molecule has 9 heteroatoms. The highest BCUT2D eigenvalue weighted by Crippen LogP contribution is 2.37. The fraction of sp³-hybridized carbons (Fsp3) is 0.0588. The summed E-state index contributed by atoms with van der Waals surface area (Å²) in [4.78, 5) is 16.8. The molecule has 134 valence electrons. The van der Waals surface area contributed by atoms with Gasteiger partial charge in [0.05, 0.1) is 22.6 Å². The maximum absolute atomic E-state index is 13.2. The zero-order chi connectivity index (χ0) is 18.9. The van der Waals surface area contributed by atoms with Gasteiger partial charge < -0.3 is 4.74 Å². The van der Waals surface area contributed by atoms with Gasteiger partial charge in [0.25, 0.3) is 0 Å². The number of thiazole rings is 1. The van der Waals surface area contributed by atoms with Gasteiger partial charge in [0.15, 0.2) is 0 Å². The minimum Gasteiger partial charge on any atom is -0.464 e. The number of aromatic nitrogens is 1. The molecule has 3 aromatic rings. The summed E-state index contributed by atoms with van der Waals surface area (Å²) >= 11 is 1.10. The van der Waals surface area contributed by atoms with Gasteiger partial charge in [0.2, 0.25) is 15.0 Å². The summed E-state index contributed by atoms with van der Waals surface area (Å²) < 4.78 is 40.7. The highest BCUT2D eigenvalue weighted by atomic mass is 32.2. The fourth-order valence-corrected chi connectivity index (χ4v) is 3.82. The Morgan fingerprint density at radius 1 is 1.08 bits per heavy atom. The summed E-state index contributed by atoms with van der Waals surface area (Å²) in [6, 6.07) is 11.6. The summed E-state index contributed by atoms with van der Waals surface area (Å²) in [7, 11) is -2.56. The van der Waals surface area contributed by atoms with E-state index in [1.165, 1.54) is 31.4 Å². The van der Waals surface area contributed by atoms with E-state index in [0.717, 1.165) is 11.3 Å². The number of nitrogens with two attached hydrogens (primary N) is 1. The molecule has 1 heterocycles. The Labute approximate surface area is 153 Å². The van der Waals surface area contributed by atoms with Crippen LogP contribution in [0.2, 0.25) is 0 Å². The second-order valence-electron chi connectivity index (χ2n) is 5.26. The van der Waals surface area contributed by atoms with Gasteiger partial charge in [-0.15, -0.1) is 11.3 Å². The molecule has 0 bridgehead atoms. The smallest absolute Gasteiger partial charge is 0.367 e. The van der Waals surface area contributed by atoms with E-state index >= 15 is 0 Å². The van der Waals surface area contributed by atoms with E-state index in [9.17, 15) is 17.6 Å². The van der Waals surface area contributed by atoms with E-state index in [1.807, 2.05) is 0 Å². The molecule has 26 heavy (non-hydrogen) atoms. The quantitative estimate of drug-likeness (QED) is 0.688. The zero-order valence-electron chi connectivity index (χ0n) is 13.5. The minimum absolute atomic E-state index is 0.0257. The van der Waals surface area contributed by atoms with Crippen LogP contribution in [-0.2, 0) is 14.8 Å². The monoisotopic (exact) mass is 392 g/mol. The third-order valence-electron chi connectivity index (χ3n) is 3.55. The Morgan fingerprint density at radius 3 is 2.19 bits per heavy atom. The summed E-state index contributed by atoms with van der Waals surface area (Å²) in [5.41, 5.74) is 1.73. The van der Waals surface area contributed by atoms with Crippen LogP contribution in [0.15, 0.2) is 53.4 Å². The van der Waals surface area contributed by atoms with E-state index in [0.29, 0.717) is 21.7 Å². The number of methoxy groups -OCH3 is 1. The predicted octanol–water partition coefficient (Wildman–Crippen LogP) is 3.05. The fourth-order valence-electron chi connectivity index (χ4n) is 2.29. The van der Waals surface area contributed by atoms with Crippen LogP contribution in [0.4, 0.5) is 4.39 Å². The van der Waals surface area contributed by atoms with Gasteiger partial charge >= 0.3 is 5.97 Å². The van der Waals surface area contributed by atoms with Crippen molar-refractivity contribution in [1.82, 2.24) is 4.98 Å². The zero-order valence-corrected chi connectivity index (χ0v) is 15.1. The van der Waals surface area contributed by atoms with E-state index in [2.05, 4.69) is 4.98 Å². The molecule has 0 spiro atoms. The first-order valence-electron chi connectivity index (χ1n) is 7.28. The standard InChI is InChI=1S/C17H13FN2O4S2/c1-24-17(21)16-20-14(10-2-6-12(18)7-3-10)15(25-16)11-4-8-13(9-5-11)26(19,22)23/h2-9H,1H3,(H2,19,22,23). The van der Waals surface area contributed by atoms with Crippen molar-refractivity contribution in [3.05, 3.63) is 59.4 Å². The number of ether oxygens (including phenoxy) is 1. The van der Waals surface area contributed by atoms with E-state index < -0.39 is 21.8 Å². The van der Waals surface area contributed by atoms with Crippen molar-refractivity contribution in [3.63, 3.8) is 0 Å². The Morgan fingerprint density at radius 2 is 1.65 bits per heavy atom. The molecule has 0 amide bonds. The summed E-state index contributed by atoms with van der Waals surface area (Å²) in [5, 5.41) is 5.24. The number of esters is 1. The van der Waals surface area contributed by atoms with Crippen molar-refractivity contribution in [2.24, 2.45) is 5.14 Å². The minimum atomic E-state index is -3.81. The number of primary sulfonamides is 1. The molecular formula is C17H13FN2O4S2. The van der Waals surface area contributed by atoms with Gasteiger partial charge in [-0.05, 0) is 42.0 Å². The third kappa shape index (κ3) is 3.64. The molecule has 0 aliphatic heterocycles. The van der Waals surface area contributed by atoms with Crippen molar-refractivity contribution in [2.75, 3.05) is 7.11 Å². The number of carbonyl (C=O) groups excluding carboxylic acids is 1. The maximum Gasteiger partial charge on any atom is 0.367 e. The molecule has 1 aromatic heterocycles. The molecule has 2 N–H and O–H groups in total. The molecule has 0 radical (unpaired) electrons. The van der Waals surface area contributed by atoms with Gasteiger partial charge in [0.1, 0.15) is 5.82 Å². The topological polar surface area (TPSA) is 99.3 Å². The number of nitrogens with zero attached hydrogens (tertiary/aromatic N) is 1. The molecule has 2 aromatic carbocycles. The van der Waals surface area contributed by atoms with Gasteiger partial charge in [-0.1, -0.05) is 12.1 Å². The van der Waals surface area contributed by atoms with Crippen molar-refractivity contribution in [3.8, 4) is 21.7 Å². The van der Waals surface area contributed by atoms with Crippen molar-refractivity contribution >= 4 is 27.3 Å². The summed E-state index contributed by atoms with van der Waals surface area (Å²) in [5.74, 6) is -0.984. The van der Waals surface area contributed by atoms with Crippen LogP contribution in [0, 0.1) is 5.82 Å². The summed E-state index contributed by atoms with van der Waals surface area (Å²) in [6.07, 6.45) is 0. The molecule has 0 aliphatic rings. The molecule has 6 nitrogen and oxygen atoms in total. The number of sulfonamides is 1. The van der Waals surface area contributed by atoms with Gasteiger partial charge in [-0.3, -0.25) is 0 Å². The number of benzene rings is 2. The van der Waals surface area contributed by atoms with Gasteiger partial charge in [-0.2, -0.15) is 0 Å². The van der Waals surface area contributed by atoms with Crippen LogP contribution in [0.25, 0.3) is 21.7 Å². The number of rotatable bonds is 4. The second-order valence-corrected chi connectivity index (χ2v) is 7.83. The average molecular weight is 392 g/mol. The first kappa shape index (κ1) is 18.2. The molecule has 0 atom stereocenters. The highest BCUT2D eigenvalue weighted by molar-refractivity contribution is 7.89. The lowest BCUT2D eigenvalue weighted by Crippen LogP contribution is -2.11. The molecule has 0 saturated heterocycles. The van der Waals surface area contributed by atoms with Crippen LogP contribution in [0.3, 0.4) is 0 Å². The average Bonchev–Trinajstić information content (AvgIpc) is 3.06. The molecular weight excluding hydrogens is 379 g/mol. The predicted molar refractivity (Wildman–Crippen MR) is 95.7 cm³/mol. The van der Waals surface area contributed by atoms with Crippen LogP contribution >= 0.6 is 11.3 Å². The first-order chi connectivity index (χ1) is 12.3. The second kappa shape index (κ2) is 6.94. The maximum atomic E-state index is 13.2. The van der Waals surface area contributed by atoms with E-state index in [1.54, 1.807) is 24.3 Å². The molecule has 0 aliphatic carbocycles. The number of carbonyl (C=O) groups is 1. The number of halogens is 1. The van der Waals surface area contributed by atoms with Gasteiger partial charge in [0, 0.05) is 5.56 Å². The Kier molecular flexibility index (Phi) is 4.86. The largest absolute Gasteiger partial charge is 0.464 e. The Bertz CT molecular complexity index is 1060. The summed E-state index contributed by atoms with van der Waals surface area (Å²) in [6.45, 7) is 0. The lowest BCUT2D eigenvalue weighted by molar-refractivity contribution is 0.0600. The molecule has 0 unspecified atom stereocenters. The Balaban J connectivity index is 2.14. The lowest BCUT2D eigenvalue weighted by atomic mass is 10.1. The number of hydrogen-bond donors (Lipinski definition) is 1. The van der Waals surface area contributed by atoms with Crippen molar-refractivity contribution in [2.45, 2.75) is 4.90 Å². The van der Waals surface area contributed by atoms with Crippen molar-refractivity contribution in [1.29, 1.82) is 0 Å². The van der Waals surface area contributed by atoms with Crippen LogP contribution in [0.5, 0.6) is 0 Å². The Hall–Kier alpha value is -2.62. The third-order valence-corrected chi connectivity index (χ3v) is 5.56. The van der Waals surface area contributed by atoms with Gasteiger partial charge in [-0.25, -0.2) is 27.7 Å². The molecule has 0 saturated carbocycles. The van der Waals surface area contributed by atoms with Crippen molar-refractivity contribution < 1.29 is 22.3 Å². The van der Waals surface area contributed by atoms with Crippen LogP contribution in [-0.4, -0.2) is 26.5 Å². The lowest BCUT2D eigenvalue weighted by Gasteiger charge is -2.04.